The third-order valence-electron chi connectivity index (χ3n) is 3.00. The van der Waals surface area contributed by atoms with Gasteiger partial charge in [0.2, 0.25) is 0 Å². The maximum absolute atomic E-state index is 11.9. The van der Waals surface area contributed by atoms with Crippen molar-refractivity contribution in [3.05, 3.63) is 35.0 Å². The molecule has 0 aromatic carbocycles. The summed E-state index contributed by atoms with van der Waals surface area (Å²) in [7, 11) is 3.34. The zero-order valence-corrected chi connectivity index (χ0v) is 12.4. The van der Waals surface area contributed by atoms with Gasteiger partial charge < -0.3 is 4.90 Å². The number of nitrogens with zero attached hydrogens (tertiary/aromatic N) is 7. The van der Waals surface area contributed by atoms with Gasteiger partial charge in [-0.1, -0.05) is 11.6 Å². The van der Waals surface area contributed by atoms with E-state index in [1.165, 1.54) is 15.7 Å². The van der Waals surface area contributed by atoms with Gasteiger partial charge in [0.15, 0.2) is 11.5 Å². The molecule has 0 bridgehead atoms. The summed E-state index contributed by atoms with van der Waals surface area (Å²) in [5.41, 5.74) is 1.03. The predicted molar refractivity (Wildman–Crippen MR) is 75.7 cm³/mol. The van der Waals surface area contributed by atoms with Crippen LogP contribution in [0.25, 0.3) is 11.6 Å². The summed E-state index contributed by atoms with van der Waals surface area (Å²) in [6, 6.07) is 1.64. The molecule has 0 N–H and O–H groups in total. The fraction of sp³-hybridized carbons (Fsp3) is 0.250. The van der Waals surface area contributed by atoms with Crippen LogP contribution in [0.3, 0.4) is 0 Å². The standard InChI is InChI=1S/C12H12ClN7O/c1-7-9(13)16-12-14-6-15-20(12)10(7)19-5-4-8(17-19)11(21)18(2)3/h4-6H,1-3H3. The van der Waals surface area contributed by atoms with Crippen LogP contribution in [0, 0.1) is 6.92 Å². The van der Waals surface area contributed by atoms with E-state index in [0.29, 0.717) is 28.0 Å². The number of hydrogen-bond donors (Lipinski definition) is 0. The van der Waals surface area contributed by atoms with Gasteiger partial charge in [-0.2, -0.15) is 24.7 Å². The SMILES string of the molecule is Cc1c(Cl)nc2ncnn2c1-n1ccc(C(=O)N(C)C)n1. The molecule has 0 atom stereocenters. The topological polar surface area (TPSA) is 81.2 Å². The van der Waals surface area contributed by atoms with E-state index in [2.05, 4.69) is 20.2 Å². The first kappa shape index (κ1) is 13.5. The van der Waals surface area contributed by atoms with Crippen LogP contribution in [0.4, 0.5) is 0 Å². The Hall–Kier alpha value is -2.48. The van der Waals surface area contributed by atoms with Crippen molar-refractivity contribution in [2.24, 2.45) is 0 Å². The summed E-state index contributed by atoms with van der Waals surface area (Å²) in [6.45, 7) is 1.81. The fourth-order valence-corrected chi connectivity index (χ4v) is 2.10. The molecule has 0 saturated heterocycles. The summed E-state index contributed by atoms with van der Waals surface area (Å²) in [4.78, 5) is 21.5. The summed E-state index contributed by atoms with van der Waals surface area (Å²) < 4.78 is 3.07. The fourth-order valence-electron chi connectivity index (χ4n) is 1.94. The summed E-state index contributed by atoms with van der Waals surface area (Å²) in [6.07, 6.45) is 3.06. The smallest absolute Gasteiger partial charge is 0.273 e. The van der Waals surface area contributed by atoms with Crippen LogP contribution in [-0.4, -0.2) is 54.3 Å². The molecule has 9 heteroatoms. The molecule has 0 aliphatic heterocycles. The summed E-state index contributed by atoms with van der Waals surface area (Å²) in [5, 5.41) is 8.72. The molecule has 0 saturated carbocycles. The zero-order chi connectivity index (χ0) is 15.1. The Morgan fingerprint density at radius 2 is 2.14 bits per heavy atom. The number of rotatable bonds is 2. The normalized spacial score (nSPS) is 11.0. The van der Waals surface area contributed by atoms with Crippen molar-refractivity contribution in [3.8, 4) is 5.82 Å². The molecule has 3 aromatic rings. The number of hydrogen-bond acceptors (Lipinski definition) is 5. The largest absolute Gasteiger partial charge is 0.343 e. The van der Waals surface area contributed by atoms with Gasteiger partial charge >= 0.3 is 0 Å². The van der Waals surface area contributed by atoms with Crippen molar-refractivity contribution >= 4 is 23.3 Å². The molecule has 0 unspecified atom stereocenters. The number of amides is 1. The molecule has 21 heavy (non-hydrogen) atoms. The number of fused-ring (bicyclic) bond motifs is 1. The first-order chi connectivity index (χ1) is 9.99. The molecule has 1 amide bonds. The molecular formula is C12H12ClN7O. The van der Waals surface area contributed by atoms with Crippen LogP contribution in [0.1, 0.15) is 16.1 Å². The second-order valence-corrected chi connectivity index (χ2v) is 5.03. The highest BCUT2D eigenvalue weighted by Gasteiger charge is 2.17. The lowest BCUT2D eigenvalue weighted by Gasteiger charge is -2.09. The van der Waals surface area contributed by atoms with E-state index >= 15 is 0 Å². The van der Waals surface area contributed by atoms with Gasteiger partial charge in [-0.15, -0.1) is 0 Å². The minimum atomic E-state index is -0.179. The predicted octanol–water partition coefficient (Wildman–Crippen LogP) is 0.974. The van der Waals surface area contributed by atoms with Gasteiger partial charge in [0, 0.05) is 25.9 Å². The Labute approximate surface area is 125 Å². The molecule has 0 aliphatic rings. The monoisotopic (exact) mass is 305 g/mol. The lowest BCUT2D eigenvalue weighted by Crippen LogP contribution is -2.22. The Bertz CT molecular complexity index is 835. The van der Waals surface area contributed by atoms with Crippen LogP contribution in [0.5, 0.6) is 0 Å². The molecule has 0 spiro atoms. The van der Waals surface area contributed by atoms with Gasteiger partial charge in [-0.3, -0.25) is 4.79 Å². The van der Waals surface area contributed by atoms with Crippen LogP contribution in [0.2, 0.25) is 5.15 Å². The molecule has 8 nitrogen and oxygen atoms in total. The van der Waals surface area contributed by atoms with E-state index in [1.807, 2.05) is 0 Å². The van der Waals surface area contributed by atoms with Crippen molar-refractivity contribution in [2.75, 3.05) is 14.1 Å². The van der Waals surface area contributed by atoms with Crippen LogP contribution < -0.4 is 0 Å². The second kappa shape index (κ2) is 4.81. The zero-order valence-electron chi connectivity index (χ0n) is 11.6. The highest BCUT2D eigenvalue weighted by atomic mass is 35.5. The van der Waals surface area contributed by atoms with Crippen molar-refractivity contribution < 1.29 is 4.79 Å². The van der Waals surface area contributed by atoms with Crippen molar-refractivity contribution in [1.29, 1.82) is 0 Å². The molecule has 108 valence electrons. The van der Waals surface area contributed by atoms with Crippen molar-refractivity contribution in [2.45, 2.75) is 6.92 Å². The Morgan fingerprint density at radius 3 is 2.86 bits per heavy atom. The Morgan fingerprint density at radius 1 is 1.38 bits per heavy atom. The average Bonchev–Trinajstić information content (AvgIpc) is 3.08. The van der Waals surface area contributed by atoms with Crippen molar-refractivity contribution in [3.63, 3.8) is 0 Å². The minimum absolute atomic E-state index is 0.179. The lowest BCUT2D eigenvalue weighted by atomic mass is 10.3. The van der Waals surface area contributed by atoms with Gasteiger partial charge in [0.1, 0.15) is 11.5 Å². The lowest BCUT2D eigenvalue weighted by molar-refractivity contribution is 0.0821. The van der Waals surface area contributed by atoms with E-state index in [-0.39, 0.29) is 5.91 Å². The Kier molecular flexibility index (Phi) is 3.09. The molecule has 3 aromatic heterocycles. The van der Waals surface area contributed by atoms with Crippen molar-refractivity contribution in [1.82, 2.24) is 34.3 Å². The second-order valence-electron chi connectivity index (χ2n) is 4.67. The highest BCUT2D eigenvalue weighted by Crippen LogP contribution is 2.21. The molecule has 3 heterocycles. The number of carbonyl (C=O) groups is 1. The maximum atomic E-state index is 11.9. The van der Waals surface area contributed by atoms with E-state index in [4.69, 9.17) is 11.6 Å². The molecule has 0 radical (unpaired) electrons. The first-order valence-electron chi connectivity index (χ1n) is 6.12. The number of carbonyl (C=O) groups excluding carboxylic acids is 1. The molecule has 0 fully saturated rings. The third-order valence-corrected chi connectivity index (χ3v) is 3.37. The summed E-state index contributed by atoms with van der Waals surface area (Å²) >= 11 is 6.11. The van der Waals surface area contributed by atoms with Crippen LogP contribution >= 0.6 is 11.6 Å². The van der Waals surface area contributed by atoms with Crippen LogP contribution in [0.15, 0.2) is 18.6 Å². The van der Waals surface area contributed by atoms with E-state index in [0.717, 1.165) is 0 Å². The number of halogens is 1. The van der Waals surface area contributed by atoms with E-state index in [9.17, 15) is 4.79 Å². The van der Waals surface area contributed by atoms with E-state index < -0.39 is 0 Å². The van der Waals surface area contributed by atoms with Gasteiger partial charge in [0.25, 0.3) is 11.7 Å². The van der Waals surface area contributed by atoms with Gasteiger partial charge in [-0.25, -0.2) is 4.68 Å². The van der Waals surface area contributed by atoms with E-state index in [1.54, 1.807) is 38.0 Å². The number of aromatic nitrogens is 6. The third kappa shape index (κ3) is 2.13. The van der Waals surface area contributed by atoms with Gasteiger partial charge in [-0.05, 0) is 13.0 Å². The maximum Gasteiger partial charge on any atom is 0.273 e. The van der Waals surface area contributed by atoms with Crippen LogP contribution in [-0.2, 0) is 0 Å². The quantitative estimate of drug-likeness (QED) is 0.659. The molecule has 3 rings (SSSR count). The summed E-state index contributed by atoms with van der Waals surface area (Å²) in [5.74, 6) is 0.790. The highest BCUT2D eigenvalue weighted by molar-refractivity contribution is 6.30. The van der Waals surface area contributed by atoms with Gasteiger partial charge in [0.05, 0.1) is 0 Å². The average molecular weight is 306 g/mol. The molecule has 0 aliphatic carbocycles. The Balaban J connectivity index is 2.19. The first-order valence-corrected chi connectivity index (χ1v) is 6.50. The minimum Gasteiger partial charge on any atom is -0.343 e. The molecular weight excluding hydrogens is 294 g/mol.